The second-order valence-corrected chi connectivity index (χ2v) is 10.6. The number of nitrogens with zero attached hydrogens (tertiary/aromatic N) is 7. The van der Waals surface area contributed by atoms with Gasteiger partial charge >= 0.3 is 0 Å². The molecular weight excluding hydrogens is 504 g/mol. The molecule has 1 spiro atoms. The van der Waals surface area contributed by atoms with Gasteiger partial charge in [0.1, 0.15) is 21.8 Å². The summed E-state index contributed by atoms with van der Waals surface area (Å²) in [6.07, 6.45) is 8.58. The SMILES string of the molecule is FC1(F)CCN(c2cccc(-c3cn(-c4cnc(Br)cc4N4CCC5(CC4)CC5)nn3)n2)CC1. The van der Waals surface area contributed by atoms with E-state index in [4.69, 9.17) is 4.98 Å². The van der Waals surface area contributed by atoms with Crippen LogP contribution in [0.25, 0.3) is 17.1 Å². The van der Waals surface area contributed by atoms with Crippen LogP contribution in [0.1, 0.15) is 38.5 Å². The summed E-state index contributed by atoms with van der Waals surface area (Å²) in [5, 5.41) is 8.75. The molecule has 3 fully saturated rings. The fourth-order valence-electron chi connectivity index (χ4n) is 5.05. The Hall–Kier alpha value is -2.62. The molecule has 0 radical (unpaired) electrons. The number of aromatic nitrogens is 5. The minimum absolute atomic E-state index is 0.147. The highest BCUT2D eigenvalue weighted by Crippen LogP contribution is 2.54. The van der Waals surface area contributed by atoms with E-state index in [1.165, 1.54) is 25.7 Å². The van der Waals surface area contributed by atoms with Crippen LogP contribution in [0.15, 0.2) is 41.3 Å². The van der Waals surface area contributed by atoms with Gasteiger partial charge in [-0.15, -0.1) is 5.10 Å². The average molecular weight is 530 g/mol. The molecule has 0 amide bonds. The summed E-state index contributed by atoms with van der Waals surface area (Å²) < 4.78 is 29.7. The largest absolute Gasteiger partial charge is 0.370 e. The summed E-state index contributed by atoms with van der Waals surface area (Å²) in [6.45, 7) is 2.65. The smallest absolute Gasteiger partial charge is 0.251 e. The van der Waals surface area contributed by atoms with E-state index in [1.54, 1.807) is 4.68 Å². The predicted octanol–water partition coefficient (Wildman–Crippen LogP) is 5.10. The Morgan fingerprint density at radius 3 is 2.32 bits per heavy atom. The Labute approximate surface area is 205 Å². The highest BCUT2D eigenvalue weighted by atomic mass is 79.9. The van der Waals surface area contributed by atoms with E-state index in [0.29, 0.717) is 35.7 Å². The van der Waals surface area contributed by atoms with Gasteiger partial charge in [0.2, 0.25) is 0 Å². The van der Waals surface area contributed by atoms with Gasteiger partial charge in [-0.3, -0.25) is 0 Å². The van der Waals surface area contributed by atoms with Gasteiger partial charge in [-0.2, -0.15) is 0 Å². The van der Waals surface area contributed by atoms with Gasteiger partial charge < -0.3 is 9.80 Å². The first-order valence-corrected chi connectivity index (χ1v) is 12.6. The molecule has 1 aliphatic carbocycles. The Morgan fingerprint density at radius 1 is 0.853 bits per heavy atom. The number of hydrogen-bond donors (Lipinski definition) is 0. The molecule has 2 saturated heterocycles. The maximum atomic E-state index is 13.6. The lowest BCUT2D eigenvalue weighted by Crippen LogP contribution is -2.39. The Kier molecular flexibility index (Phi) is 5.31. The molecule has 7 nitrogen and oxygen atoms in total. The normalized spacial score (nSPS) is 21.1. The molecule has 2 aliphatic heterocycles. The Balaban J connectivity index is 1.25. The molecule has 34 heavy (non-hydrogen) atoms. The molecule has 1 saturated carbocycles. The predicted molar refractivity (Wildman–Crippen MR) is 130 cm³/mol. The van der Waals surface area contributed by atoms with Gasteiger partial charge in [0.05, 0.1) is 23.8 Å². The quantitative estimate of drug-likeness (QED) is 0.438. The van der Waals surface area contributed by atoms with Crippen molar-refractivity contribution in [2.24, 2.45) is 5.41 Å². The van der Waals surface area contributed by atoms with Gasteiger partial charge in [0, 0.05) is 39.0 Å². The van der Waals surface area contributed by atoms with E-state index < -0.39 is 5.92 Å². The van der Waals surface area contributed by atoms with Gasteiger partial charge in [-0.25, -0.2) is 23.4 Å². The summed E-state index contributed by atoms with van der Waals surface area (Å²) in [7, 11) is 0. The van der Waals surface area contributed by atoms with Crippen molar-refractivity contribution in [1.29, 1.82) is 0 Å². The van der Waals surface area contributed by atoms with E-state index in [-0.39, 0.29) is 12.8 Å². The van der Waals surface area contributed by atoms with Gasteiger partial charge in [0.25, 0.3) is 5.92 Å². The van der Waals surface area contributed by atoms with Crippen molar-refractivity contribution in [2.45, 2.75) is 44.4 Å². The average Bonchev–Trinajstić information content (AvgIpc) is 3.40. The molecule has 178 valence electrons. The standard InChI is InChI=1S/C24H26BrF2N7/c25-21-14-19(32-10-6-23(4-5-23)7-11-32)20(15-28-21)34-16-18(30-31-34)17-2-1-3-22(29-17)33-12-8-24(26,27)9-13-33/h1-3,14-16H,4-13H2. The summed E-state index contributed by atoms with van der Waals surface area (Å²) in [6, 6.07) is 7.66. The molecule has 6 rings (SSSR count). The van der Waals surface area contributed by atoms with Crippen LogP contribution in [0.2, 0.25) is 0 Å². The van der Waals surface area contributed by atoms with Crippen molar-refractivity contribution in [1.82, 2.24) is 25.0 Å². The number of anilines is 2. The number of hydrogen-bond acceptors (Lipinski definition) is 6. The van der Waals surface area contributed by atoms with Gasteiger partial charge in [-0.05, 0) is 65.2 Å². The van der Waals surface area contributed by atoms with Crippen molar-refractivity contribution < 1.29 is 8.78 Å². The van der Waals surface area contributed by atoms with Crippen molar-refractivity contribution in [3.63, 3.8) is 0 Å². The van der Waals surface area contributed by atoms with E-state index >= 15 is 0 Å². The summed E-state index contributed by atoms with van der Waals surface area (Å²) in [4.78, 5) is 13.5. The van der Waals surface area contributed by atoms with E-state index in [2.05, 4.69) is 36.1 Å². The molecule has 0 atom stereocenters. The van der Waals surface area contributed by atoms with Crippen molar-refractivity contribution in [3.05, 3.63) is 41.3 Å². The summed E-state index contributed by atoms with van der Waals surface area (Å²) in [5.41, 5.74) is 3.87. The zero-order valence-corrected chi connectivity index (χ0v) is 20.4. The first-order valence-electron chi connectivity index (χ1n) is 11.8. The molecule has 0 N–H and O–H groups in total. The molecule has 10 heteroatoms. The van der Waals surface area contributed by atoms with Crippen LogP contribution in [-0.4, -0.2) is 57.1 Å². The number of piperidine rings is 2. The van der Waals surface area contributed by atoms with Gasteiger partial charge in [0.15, 0.2) is 0 Å². The van der Waals surface area contributed by atoms with Crippen molar-refractivity contribution in [3.8, 4) is 17.1 Å². The lowest BCUT2D eigenvalue weighted by molar-refractivity contribution is -0.0221. The molecule has 3 aliphatic rings. The molecular formula is C24H26BrF2N7. The second kappa shape index (κ2) is 8.25. The van der Waals surface area contributed by atoms with Crippen LogP contribution >= 0.6 is 15.9 Å². The molecule has 0 unspecified atom stereocenters. The third-order valence-corrected chi connectivity index (χ3v) is 7.94. The topological polar surface area (TPSA) is 63.0 Å². The number of pyridine rings is 2. The zero-order chi connectivity index (χ0) is 23.3. The maximum absolute atomic E-state index is 13.6. The molecule has 0 bridgehead atoms. The molecule has 3 aromatic heterocycles. The van der Waals surface area contributed by atoms with Crippen LogP contribution in [-0.2, 0) is 0 Å². The molecule has 0 aromatic carbocycles. The van der Waals surface area contributed by atoms with Crippen LogP contribution in [0.5, 0.6) is 0 Å². The lowest BCUT2D eigenvalue weighted by atomic mass is 9.93. The minimum Gasteiger partial charge on any atom is -0.370 e. The van der Waals surface area contributed by atoms with E-state index in [0.717, 1.165) is 29.1 Å². The first-order chi connectivity index (χ1) is 16.4. The number of alkyl halides is 2. The second-order valence-electron chi connectivity index (χ2n) is 9.76. The molecule has 3 aromatic rings. The number of halogens is 3. The van der Waals surface area contributed by atoms with Crippen molar-refractivity contribution in [2.75, 3.05) is 36.0 Å². The third-order valence-electron chi connectivity index (χ3n) is 7.51. The zero-order valence-electron chi connectivity index (χ0n) is 18.8. The van der Waals surface area contributed by atoms with Crippen LogP contribution in [0.4, 0.5) is 20.3 Å². The fourth-order valence-corrected chi connectivity index (χ4v) is 5.36. The Morgan fingerprint density at radius 2 is 1.59 bits per heavy atom. The van der Waals surface area contributed by atoms with E-state index in [9.17, 15) is 8.78 Å². The van der Waals surface area contributed by atoms with Gasteiger partial charge in [-0.1, -0.05) is 11.3 Å². The summed E-state index contributed by atoms with van der Waals surface area (Å²) in [5.74, 6) is -1.89. The highest BCUT2D eigenvalue weighted by Gasteiger charge is 2.44. The van der Waals surface area contributed by atoms with Crippen LogP contribution in [0.3, 0.4) is 0 Å². The fraction of sp³-hybridized carbons (Fsp3) is 0.500. The highest BCUT2D eigenvalue weighted by molar-refractivity contribution is 9.10. The first kappa shape index (κ1) is 21.9. The minimum atomic E-state index is -2.58. The van der Waals surface area contributed by atoms with Crippen molar-refractivity contribution >= 4 is 27.4 Å². The monoisotopic (exact) mass is 529 g/mol. The lowest BCUT2D eigenvalue weighted by Gasteiger charge is -2.34. The number of rotatable bonds is 4. The maximum Gasteiger partial charge on any atom is 0.251 e. The summed E-state index contributed by atoms with van der Waals surface area (Å²) >= 11 is 3.52. The van der Waals surface area contributed by atoms with Crippen LogP contribution in [0, 0.1) is 5.41 Å². The van der Waals surface area contributed by atoms with E-state index in [1.807, 2.05) is 41.6 Å². The Bertz CT molecular complexity index is 1190. The van der Waals surface area contributed by atoms with Crippen LogP contribution < -0.4 is 9.80 Å². The molecule has 5 heterocycles. The third kappa shape index (κ3) is 4.28.